The van der Waals surface area contributed by atoms with Crippen LogP contribution in [0.3, 0.4) is 0 Å². The highest BCUT2D eigenvalue weighted by Crippen LogP contribution is 2.09. The Morgan fingerprint density at radius 3 is 2.72 bits per heavy atom. The van der Waals surface area contributed by atoms with E-state index in [0.29, 0.717) is 18.5 Å². The molecule has 5 nitrogen and oxygen atoms in total. The molecular formula is C13H17NO4. The number of H-pyrrole nitrogens is 1. The van der Waals surface area contributed by atoms with Crippen LogP contribution >= 0.6 is 0 Å². The number of carboxylic acids is 1. The number of rotatable bonds is 6. The van der Waals surface area contributed by atoms with Crippen molar-refractivity contribution in [2.45, 2.75) is 26.2 Å². The molecular weight excluding hydrogens is 234 g/mol. The number of esters is 1. The molecule has 0 saturated carbocycles. The maximum atomic E-state index is 11.2. The van der Waals surface area contributed by atoms with Gasteiger partial charge in [-0.1, -0.05) is 11.6 Å². The van der Waals surface area contributed by atoms with E-state index in [2.05, 4.69) is 9.72 Å². The average molecular weight is 251 g/mol. The molecule has 1 heterocycles. The lowest BCUT2D eigenvalue weighted by Gasteiger charge is -1.98. The molecule has 0 saturated heterocycles. The van der Waals surface area contributed by atoms with E-state index in [1.54, 1.807) is 6.07 Å². The van der Waals surface area contributed by atoms with E-state index in [-0.39, 0.29) is 6.42 Å². The van der Waals surface area contributed by atoms with Gasteiger partial charge < -0.3 is 14.8 Å². The first-order valence-corrected chi connectivity index (χ1v) is 5.66. The van der Waals surface area contributed by atoms with Crippen molar-refractivity contribution in [2.75, 3.05) is 7.11 Å². The Morgan fingerprint density at radius 2 is 2.11 bits per heavy atom. The van der Waals surface area contributed by atoms with Gasteiger partial charge in [0.25, 0.3) is 0 Å². The summed E-state index contributed by atoms with van der Waals surface area (Å²) in [5.41, 5.74) is 2.33. The van der Waals surface area contributed by atoms with Crippen molar-refractivity contribution in [3.8, 4) is 0 Å². The monoisotopic (exact) mass is 251 g/mol. The molecule has 1 rings (SSSR count). The number of nitrogens with one attached hydrogen (secondary N) is 1. The van der Waals surface area contributed by atoms with Gasteiger partial charge in [-0.2, -0.15) is 0 Å². The Hall–Kier alpha value is -2.04. The second-order valence-corrected chi connectivity index (χ2v) is 4.04. The molecule has 0 aromatic carbocycles. The molecule has 0 fully saturated rings. The minimum absolute atomic E-state index is 0.139. The molecule has 1 aromatic rings. The standard InChI is InChI=1S/C13H17NO4/c1-9(4-8-12(15)16)3-5-10-6-7-11(14-10)13(17)18-2/h3,6-7,14H,4-5,8H2,1-2H3,(H,15,16)/b9-3+. The fourth-order valence-electron chi connectivity index (χ4n) is 1.48. The number of aromatic nitrogens is 1. The lowest BCUT2D eigenvalue weighted by atomic mass is 10.1. The van der Waals surface area contributed by atoms with Gasteiger partial charge in [-0.15, -0.1) is 0 Å². The SMILES string of the molecule is COC(=O)c1ccc(C/C=C(\C)CCC(=O)O)[nH]1. The highest BCUT2D eigenvalue weighted by atomic mass is 16.5. The first kappa shape index (κ1) is 14.0. The van der Waals surface area contributed by atoms with Crippen LogP contribution in [0, 0.1) is 0 Å². The van der Waals surface area contributed by atoms with E-state index < -0.39 is 11.9 Å². The number of carboxylic acid groups (broad SMARTS) is 1. The first-order valence-electron chi connectivity index (χ1n) is 5.66. The Bertz CT molecular complexity index is 459. The van der Waals surface area contributed by atoms with Gasteiger partial charge >= 0.3 is 11.9 Å². The Kier molecular flexibility index (Phi) is 5.17. The number of aromatic amines is 1. The number of methoxy groups -OCH3 is 1. The zero-order valence-corrected chi connectivity index (χ0v) is 10.5. The van der Waals surface area contributed by atoms with Gasteiger partial charge in [-0.25, -0.2) is 4.79 Å². The van der Waals surface area contributed by atoms with Crippen LogP contribution < -0.4 is 0 Å². The predicted molar refractivity (Wildman–Crippen MR) is 66.5 cm³/mol. The van der Waals surface area contributed by atoms with Crippen molar-refractivity contribution >= 4 is 11.9 Å². The fraction of sp³-hybridized carbons (Fsp3) is 0.385. The van der Waals surface area contributed by atoms with Crippen molar-refractivity contribution in [3.63, 3.8) is 0 Å². The number of hydrogen-bond donors (Lipinski definition) is 2. The minimum atomic E-state index is -0.796. The molecule has 0 bridgehead atoms. The largest absolute Gasteiger partial charge is 0.481 e. The molecule has 18 heavy (non-hydrogen) atoms. The maximum absolute atomic E-state index is 11.2. The van der Waals surface area contributed by atoms with Gasteiger partial charge in [-0.3, -0.25) is 4.79 Å². The summed E-state index contributed by atoms with van der Waals surface area (Å²) >= 11 is 0. The lowest BCUT2D eigenvalue weighted by molar-refractivity contribution is -0.136. The molecule has 0 aliphatic heterocycles. The van der Waals surface area contributed by atoms with E-state index >= 15 is 0 Å². The van der Waals surface area contributed by atoms with Gasteiger partial charge in [0.05, 0.1) is 7.11 Å². The zero-order valence-electron chi connectivity index (χ0n) is 10.5. The number of carbonyl (C=O) groups excluding carboxylic acids is 1. The number of ether oxygens (including phenoxy) is 1. The highest BCUT2D eigenvalue weighted by Gasteiger charge is 2.07. The highest BCUT2D eigenvalue weighted by molar-refractivity contribution is 5.87. The van der Waals surface area contributed by atoms with Crippen LogP contribution in [0.5, 0.6) is 0 Å². The second-order valence-electron chi connectivity index (χ2n) is 4.04. The summed E-state index contributed by atoms with van der Waals surface area (Å²) in [6, 6.07) is 3.48. The van der Waals surface area contributed by atoms with Crippen LogP contribution in [0.1, 0.15) is 35.9 Å². The number of allylic oxidation sites excluding steroid dienone is 2. The summed E-state index contributed by atoms with van der Waals surface area (Å²) in [7, 11) is 1.33. The molecule has 0 aliphatic rings. The molecule has 5 heteroatoms. The topological polar surface area (TPSA) is 79.4 Å². The number of carbonyl (C=O) groups is 2. The maximum Gasteiger partial charge on any atom is 0.354 e. The molecule has 0 spiro atoms. The van der Waals surface area contributed by atoms with E-state index in [0.717, 1.165) is 11.3 Å². The lowest BCUT2D eigenvalue weighted by Crippen LogP contribution is -2.01. The number of hydrogen-bond acceptors (Lipinski definition) is 3. The molecule has 0 radical (unpaired) electrons. The van der Waals surface area contributed by atoms with Crippen molar-refractivity contribution in [3.05, 3.63) is 35.2 Å². The average Bonchev–Trinajstić information content (AvgIpc) is 2.81. The van der Waals surface area contributed by atoms with Crippen molar-refractivity contribution < 1.29 is 19.4 Å². The van der Waals surface area contributed by atoms with Crippen molar-refractivity contribution in [2.24, 2.45) is 0 Å². The van der Waals surface area contributed by atoms with E-state index in [4.69, 9.17) is 5.11 Å². The molecule has 1 aromatic heterocycles. The second kappa shape index (κ2) is 6.64. The summed E-state index contributed by atoms with van der Waals surface area (Å²) in [5, 5.41) is 8.55. The van der Waals surface area contributed by atoms with Crippen LogP contribution in [0.2, 0.25) is 0 Å². The Labute approximate surface area is 105 Å². The molecule has 98 valence electrons. The van der Waals surface area contributed by atoms with Gasteiger partial charge in [0.15, 0.2) is 0 Å². The molecule has 0 atom stereocenters. The first-order chi connectivity index (χ1) is 8.52. The van der Waals surface area contributed by atoms with Crippen LogP contribution in [0.15, 0.2) is 23.8 Å². The van der Waals surface area contributed by atoms with Crippen LogP contribution in [0.25, 0.3) is 0 Å². The van der Waals surface area contributed by atoms with E-state index in [1.807, 2.05) is 19.1 Å². The Morgan fingerprint density at radius 1 is 1.39 bits per heavy atom. The normalized spacial score (nSPS) is 11.3. The van der Waals surface area contributed by atoms with Crippen LogP contribution in [-0.2, 0) is 16.0 Å². The molecule has 0 amide bonds. The quantitative estimate of drug-likeness (QED) is 0.599. The van der Waals surface area contributed by atoms with Crippen LogP contribution in [-0.4, -0.2) is 29.1 Å². The van der Waals surface area contributed by atoms with Gasteiger partial charge in [0.1, 0.15) is 5.69 Å². The third-order valence-corrected chi connectivity index (χ3v) is 2.56. The molecule has 0 aliphatic carbocycles. The van der Waals surface area contributed by atoms with E-state index in [1.165, 1.54) is 7.11 Å². The minimum Gasteiger partial charge on any atom is -0.481 e. The summed E-state index contributed by atoms with van der Waals surface area (Å²) in [6.07, 6.45) is 3.28. The fourth-order valence-corrected chi connectivity index (χ4v) is 1.48. The number of aliphatic carboxylic acids is 1. The van der Waals surface area contributed by atoms with Gasteiger partial charge in [0.2, 0.25) is 0 Å². The predicted octanol–water partition coefficient (Wildman–Crippen LogP) is 2.15. The summed E-state index contributed by atoms with van der Waals surface area (Å²) in [6.45, 7) is 1.90. The zero-order chi connectivity index (χ0) is 13.5. The summed E-state index contributed by atoms with van der Waals surface area (Å²) in [5.74, 6) is -1.19. The summed E-state index contributed by atoms with van der Waals surface area (Å²) < 4.78 is 4.59. The smallest absolute Gasteiger partial charge is 0.354 e. The van der Waals surface area contributed by atoms with E-state index in [9.17, 15) is 9.59 Å². The molecule has 0 unspecified atom stereocenters. The molecule has 2 N–H and O–H groups in total. The third-order valence-electron chi connectivity index (χ3n) is 2.56. The van der Waals surface area contributed by atoms with Crippen LogP contribution in [0.4, 0.5) is 0 Å². The van der Waals surface area contributed by atoms with Crippen molar-refractivity contribution in [1.29, 1.82) is 0 Å². The Balaban J connectivity index is 2.52. The summed E-state index contributed by atoms with van der Waals surface area (Å²) in [4.78, 5) is 24.6. The van der Waals surface area contributed by atoms with Gasteiger partial charge in [-0.05, 0) is 25.5 Å². The van der Waals surface area contributed by atoms with Crippen molar-refractivity contribution in [1.82, 2.24) is 4.98 Å². The van der Waals surface area contributed by atoms with Gasteiger partial charge in [0, 0.05) is 18.5 Å². The third kappa shape index (κ3) is 4.45.